The number of carbonyl (C=O) groups is 3. The lowest BCUT2D eigenvalue weighted by atomic mass is 9.94. The van der Waals surface area contributed by atoms with Crippen LogP contribution in [0.2, 0.25) is 0 Å². The molecule has 11 nitrogen and oxygen atoms in total. The highest BCUT2D eigenvalue weighted by atomic mass is 16.7. The number of hydrogen-bond donors (Lipinski definition) is 0. The van der Waals surface area contributed by atoms with Gasteiger partial charge < -0.3 is 19.2 Å². The number of amides is 4. The monoisotopic (exact) mass is 530 g/mol. The third kappa shape index (κ3) is 6.75. The highest BCUT2D eigenvalue weighted by Gasteiger charge is 2.48. The zero-order valence-electron chi connectivity index (χ0n) is 23.0. The van der Waals surface area contributed by atoms with Crippen LogP contribution >= 0.6 is 0 Å². The molecule has 3 aliphatic heterocycles. The first kappa shape index (κ1) is 27.7. The average Bonchev–Trinajstić information content (AvgIpc) is 3.38. The van der Waals surface area contributed by atoms with Gasteiger partial charge in [-0.3, -0.25) is 4.84 Å². The number of benzene rings is 1. The fourth-order valence-electron chi connectivity index (χ4n) is 4.67. The number of hydroxylamine groups is 2. The van der Waals surface area contributed by atoms with E-state index >= 15 is 0 Å². The highest BCUT2D eigenvalue weighted by Crippen LogP contribution is 2.33. The smallest absolute Gasteiger partial charge is 0.419 e. The Hall–Kier alpha value is -3.34. The van der Waals surface area contributed by atoms with Gasteiger partial charge in [-0.25, -0.2) is 19.3 Å². The van der Waals surface area contributed by atoms with E-state index in [-0.39, 0.29) is 24.7 Å². The fraction of sp³-hybridized carbons (Fsp3) is 0.630. The van der Waals surface area contributed by atoms with Gasteiger partial charge >= 0.3 is 18.2 Å². The number of piperidine rings is 1. The molecule has 0 N–H and O–H groups in total. The van der Waals surface area contributed by atoms with Crippen LogP contribution in [-0.4, -0.2) is 81.3 Å². The maximum absolute atomic E-state index is 13.2. The van der Waals surface area contributed by atoms with Crippen molar-refractivity contribution in [1.29, 1.82) is 0 Å². The van der Waals surface area contributed by atoms with Gasteiger partial charge in [0.15, 0.2) is 6.10 Å². The van der Waals surface area contributed by atoms with Crippen molar-refractivity contribution in [3.8, 4) is 0 Å². The van der Waals surface area contributed by atoms with Crippen molar-refractivity contribution in [2.24, 2.45) is 5.16 Å². The molecule has 1 aromatic rings. The Balaban J connectivity index is 1.37. The number of oxime groups is 1. The summed E-state index contributed by atoms with van der Waals surface area (Å²) in [5.41, 5.74) is 0.113. The van der Waals surface area contributed by atoms with Crippen LogP contribution in [0.25, 0.3) is 0 Å². The van der Waals surface area contributed by atoms with Crippen molar-refractivity contribution in [2.45, 2.75) is 96.8 Å². The number of imide groups is 1. The Morgan fingerprint density at radius 3 is 2.26 bits per heavy atom. The molecule has 0 saturated carbocycles. The van der Waals surface area contributed by atoms with Gasteiger partial charge in [-0.2, -0.15) is 5.06 Å². The van der Waals surface area contributed by atoms with E-state index in [9.17, 15) is 14.4 Å². The lowest BCUT2D eigenvalue weighted by Crippen LogP contribution is -2.47. The number of ether oxygens (including phenoxy) is 2. The summed E-state index contributed by atoms with van der Waals surface area (Å²) in [5, 5.41) is 5.74. The SMILES string of the molecule is CC(C)(C)OC(=O)N(C[C@H]1CC([C@@H]2CCC3CN2C(=O)N3OCc2ccccc2)=NO1)C(=O)OC(C)(C)C. The second-order valence-electron chi connectivity index (χ2n) is 11.9. The minimum absolute atomic E-state index is 0.0176. The first-order valence-corrected chi connectivity index (χ1v) is 13.0. The number of hydrogen-bond acceptors (Lipinski definition) is 8. The molecule has 0 spiro atoms. The van der Waals surface area contributed by atoms with Crippen LogP contribution in [0.1, 0.15) is 66.4 Å². The minimum atomic E-state index is -0.815. The van der Waals surface area contributed by atoms with Gasteiger partial charge in [0.2, 0.25) is 0 Å². The van der Waals surface area contributed by atoms with Gasteiger partial charge in [0.25, 0.3) is 0 Å². The Kier molecular flexibility index (Phi) is 7.87. The zero-order valence-corrected chi connectivity index (χ0v) is 23.0. The quantitative estimate of drug-likeness (QED) is 0.524. The number of fused-ring (bicyclic) bond motifs is 2. The van der Waals surface area contributed by atoms with Crippen molar-refractivity contribution < 1.29 is 33.5 Å². The molecule has 0 radical (unpaired) electrons. The van der Waals surface area contributed by atoms with E-state index < -0.39 is 29.5 Å². The average molecular weight is 531 g/mol. The van der Waals surface area contributed by atoms with Gasteiger partial charge in [0.1, 0.15) is 17.8 Å². The van der Waals surface area contributed by atoms with Crippen LogP contribution in [0.5, 0.6) is 0 Å². The second kappa shape index (κ2) is 10.8. The van der Waals surface area contributed by atoms with Crippen molar-refractivity contribution >= 4 is 23.9 Å². The number of urea groups is 1. The summed E-state index contributed by atoms with van der Waals surface area (Å²) in [6.45, 7) is 11.1. The molecule has 4 amide bonds. The molecule has 1 aromatic carbocycles. The van der Waals surface area contributed by atoms with Crippen LogP contribution in [0.4, 0.5) is 14.4 Å². The summed E-state index contributed by atoms with van der Waals surface area (Å²) in [6.07, 6.45) is -0.348. The van der Waals surface area contributed by atoms with Crippen molar-refractivity contribution in [2.75, 3.05) is 13.1 Å². The van der Waals surface area contributed by atoms with E-state index in [0.717, 1.165) is 23.3 Å². The van der Waals surface area contributed by atoms with Gasteiger partial charge in [0.05, 0.1) is 24.3 Å². The van der Waals surface area contributed by atoms with E-state index in [1.54, 1.807) is 46.4 Å². The number of carbonyl (C=O) groups excluding carboxylic acids is 3. The topological polar surface area (TPSA) is 110 Å². The molecular formula is C27H38N4O7. The predicted molar refractivity (Wildman–Crippen MR) is 138 cm³/mol. The fourth-order valence-corrected chi connectivity index (χ4v) is 4.67. The number of rotatable bonds is 6. The predicted octanol–water partition coefficient (Wildman–Crippen LogP) is 4.70. The van der Waals surface area contributed by atoms with Crippen molar-refractivity contribution in [3.63, 3.8) is 0 Å². The largest absolute Gasteiger partial charge is 0.443 e. The Morgan fingerprint density at radius 1 is 1.03 bits per heavy atom. The molecule has 38 heavy (non-hydrogen) atoms. The van der Waals surface area contributed by atoms with E-state index in [0.29, 0.717) is 25.3 Å². The van der Waals surface area contributed by atoms with Crippen LogP contribution in [0.3, 0.4) is 0 Å². The van der Waals surface area contributed by atoms with Crippen molar-refractivity contribution in [3.05, 3.63) is 35.9 Å². The Bertz CT molecular complexity index is 1040. The van der Waals surface area contributed by atoms with Gasteiger partial charge in [-0.05, 0) is 59.9 Å². The van der Waals surface area contributed by atoms with E-state index in [1.807, 2.05) is 30.3 Å². The van der Waals surface area contributed by atoms with Crippen LogP contribution in [0.15, 0.2) is 35.5 Å². The summed E-state index contributed by atoms with van der Waals surface area (Å²) in [4.78, 5) is 53.1. The molecule has 0 aliphatic carbocycles. The van der Waals surface area contributed by atoms with Gasteiger partial charge in [-0.15, -0.1) is 0 Å². The summed E-state index contributed by atoms with van der Waals surface area (Å²) in [6, 6.07) is 9.28. The molecule has 3 aliphatic rings. The summed E-state index contributed by atoms with van der Waals surface area (Å²) < 4.78 is 10.9. The molecule has 3 heterocycles. The Morgan fingerprint density at radius 2 is 1.66 bits per heavy atom. The normalized spacial score (nSPS) is 23.2. The Labute approximate surface area is 223 Å². The van der Waals surface area contributed by atoms with Gasteiger partial charge in [-0.1, -0.05) is 35.5 Å². The third-order valence-electron chi connectivity index (χ3n) is 6.29. The van der Waals surface area contributed by atoms with Crippen LogP contribution in [0, 0.1) is 0 Å². The number of nitrogens with zero attached hydrogens (tertiary/aromatic N) is 4. The maximum Gasteiger partial charge on any atom is 0.419 e. The van der Waals surface area contributed by atoms with Gasteiger partial charge in [0, 0.05) is 13.0 Å². The molecule has 2 fully saturated rings. The summed E-state index contributed by atoms with van der Waals surface area (Å²) in [5.74, 6) is 0. The standard InChI is InChI=1S/C27H38N4O7/c1-26(2,3)36-24(33)30(25(34)37-27(4,5)6)16-20-14-21(28-38-20)22-13-12-19-15-29(22)23(32)31(19)35-17-18-10-8-7-9-11-18/h7-11,19-20,22H,12-17H2,1-6H3/t19?,20-,22+/m1/s1. The molecule has 4 rings (SSSR count). The second-order valence-corrected chi connectivity index (χ2v) is 11.9. The molecule has 0 aromatic heterocycles. The zero-order chi connectivity index (χ0) is 27.7. The first-order chi connectivity index (χ1) is 17.8. The molecular weight excluding hydrogens is 492 g/mol. The van der Waals surface area contributed by atoms with Crippen LogP contribution < -0.4 is 0 Å². The highest BCUT2D eigenvalue weighted by molar-refractivity contribution is 5.94. The molecule has 1 unspecified atom stereocenters. The maximum atomic E-state index is 13.2. The first-order valence-electron chi connectivity index (χ1n) is 13.0. The van der Waals surface area contributed by atoms with E-state index in [2.05, 4.69) is 5.16 Å². The molecule has 2 saturated heterocycles. The third-order valence-corrected chi connectivity index (χ3v) is 6.29. The summed E-state index contributed by atoms with van der Waals surface area (Å²) >= 11 is 0. The molecule has 3 atom stereocenters. The molecule has 208 valence electrons. The minimum Gasteiger partial charge on any atom is -0.443 e. The molecule has 2 bridgehead atoms. The van der Waals surface area contributed by atoms with E-state index in [4.69, 9.17) is 19.1 Å². The lowest BCUT2D eigenvalue weighted by molar-refractivity contribution is -0.140. The van der Waals surface area contributed by atoms with E-state index in [1.165, 1.54) is 5.06 Å². The van der Waals surface area contributed by atoms with Crippen LogP contribution in [-0.2, 0) is 25.8 Å². The summed E-state index contributed by atoms with van der Waals surface area (Å²) in [7, 11) is 0. The van der Waals surface area contributed by atoms with Crippen molar-refractivity contribution in [1.82, 2.24) is 14.9 Å². The lowest BCUT2D eigenvalue weighted by Gasteiger charge is -2.30. The molecule has 11 heteroatoms.